The summed E-state index contributed by atoms with van der Waals surface area (Å²) in [5.74, 6) is 0. The first-order chi connectivity index (χ1) is 8.38. The Kier molecular flexibility index (Phi) is 50.2. The molecule has 0 fully saturated rings. The molecule has 0 heterocycles. The molecule has 0 aliphatic rings. The van der Waals surface area contributed by atoms with Crippen LogP contribution in [-0.2, 0) is 4.79 Å². The SMILES string of the molecule is C/C=C(/[C-]=O)c1[c-]cccc1.CC.CC.CC.O.[U+2]. The fourth-order valence-corrected chi connectivity index (χ4v) is 0.830. The maximum absolute atomic E-state index is 10.3. The molecular weight excluding hydrogens is 462 g/mol. The van der Waals surface area contributed by atoms with Gasteiger partial charge in [-0.1, -0.05) is 41.5 Å². The van der Waals surface area contributed by atoms with E-state index >= 15 is 0 Å². The van der Waals surface area contributed by atoms with Gasteiger partial charge in [0.25, 0.3) is 0 Å². The Labute approximate surface area is 143 Å². The largest absolute Gasteiger partial charge is 2.00 e. The maximum Gasteiger partial charge on any atom is 2.00 e. The molecule has 2 nitrogen and oxygen atoms in total. The Morgan fingerprint density at radius 3 is 1.84 bits per heavy atom. The van der Waals surface area contributed by atoms with E-state index in [1.54, 1.807) is 19.1 Å². The predicted molar refractivity (Wildman–Crippen MR) is 82.3 cm³/mol. The Morgan fingerprint density at radius 2 is 1.58 bits per heavy atom. The average Bonchev–Trinajstić information content (AvgIpc) is 2.48. The van der Waals surface area contributed by atoms with E-state index in [2.05, 4.69) is 6.07 Å². The van der Waals surface area contributed by atoms with Gasteiger partial charge in [0, 0.05) is 6.29 Å². The van der Waals surface area contributed by atoms with Crippen LogP contribution in [0.4, 0.5) is 0 Å². The molecule has 0 aliphatic heterocycles. The zero-order valence-corrected chi connectivity index (χ0v) is 17.5. The number of carbonyl (C=O) groups excluding carboxylic acids is 1. The number of benzene rings is 1. The summed E-state index contributed by atoms with van der Waals surface area (Å²) < 4.78 is 0. The molecule has 1 rings (SSSR count). The van der Waals surface area contributed by atoms with Gasteiger partial charge in [0.2, 0.25) is 0 Å². The van der Waals surface area contributed by atoms with Crippen molar-refractivity contribution in [1.29, 1.82) is 0 Å². The van der Waals surface area contributed by atoms with Crippen molar-refractivity contribution in [2.75, 3.05) is 0 Å². The third-order valence-electron chi connectivity index (χ3n) is 1.40. The van der Waals surface area contributed by atoms with Crippen molar-refractivity contribution in [2.45, 2.75) is 48.5 Å². The zero-order valence-electron chi connectivity index (χ0n) is 13.3. The van der Waals surface area contributed by atoms with Gasteiger partial charge >= 0.3 is 31.1 Å². The van der Waals surface area contributed by atoms with Gasteiger partial charge in [-0.15, -0.1) is 13.0 Å². The fraction of sp³-hybridized carbons (Fsp3) is 0.438. The summed E-state index contributed by atoms with van der Waals surface area (Å²) in [6.45, 7) is 13.8. The molecule has 0 aliphatic carbocycles. The van der Waals surface area contributed by atoms with Gasteiger partial charge in [-0.05, 0) is 0 Å². The van der Waals surface area contributed by atoms with Crippen LogP contribution in [0.25, 0.3) is 5.57 Å². The molecule has 3 heteroatoms. The number of hydrogen-bond donors (Lipinski definition) is 0. The van der Waals surface area contributed by atoms with Crippen LogP contribution in [0.2, 0.25) is 0 Å². The number of allylic oxidation sites excluding steroid dienone is 2. The zero-order chi connectivity index (χ0) is 14.1. The summed E-state index contributed by atoms with van der Waals surface area (Å²) in [5, 5.41) is 0. The van der Waals surface area contributed by atoms with E-state index in [4.69, 9.17) is 0 Å². The average molecular weight is 490 g/mol. The topological polar surface area (TPSA) is 48.6 Å². The summed E-state index contributed by atoms with van der Waals surface area (Å²) in [5.41, 5.74) is 1.36. The Morgan fingerprint density at radius 1 is 1.11 bits per heavy atom. The Bertz CT molecular complexity index is 269. The summed E-state index contributed by atoms with van der Waals surface area (Å²) in [7, 11) is 0. The summed E-state index contributed by atoms with van der Waals surface area (Å²) in [6.07, 6.45) is 3.57. The van der Waals surface area contributed by atoms with Crippen molar-refractivity contribution < 1.29 is 41.4 Å². The van der Waals surface area contributed by atoms with E-state index in [9.17, 15) is 4.79 Å². The normalized spacial score (nSPS) is 7.42. The molecule has 19 heavy (non-hydrogen) atoms. The van der Waals surface area contributed by atoms with E-state index in [1.165, 1.54) is 0 Å². The van der Waals surface area contributed by atoms with Crippen molar-refractivity contribution in [1.82, 2.24) is 0 Å². The van der Waals surface area contributed by atoms with Gasteiger partial charge < -0.3 is 10.3 Å². The number of hydrogen-bond acceptors (Lipinski definition) is 1. The van der Waals surface area contributed by atoms with E-state index in [0.717, 1.165) is 5.56 Å². The second kappa shape index (κ2) is 30.6. The molecule has 0 amide bonds. The Hall–Kier alpha value is -0.358. The molecule has 0 saturated carbocycles. The molecule has 0 radical (unpaired) electrons. The van der Waals surface area contributed by atoms with E-state index in [-0.39, 0.29) is 36.6 Å². The van der Waals surface area contributed by atoms with Crippen LogP contribution < -0.4 is 0 Å². The minimum Gasteiger partial charge on any atom is -0.412 e. The molecule has 0 bridgehead atoms. The second-order valence-electron chi connectivity index (χ2n) is 2.08. The quantitative estimate of drug-likeness (QED) is 0.452. The maximum atomic E-state index is 10.3. The molecule has 0 spiro atoms. The summed E-state index contributed by atoms with van der Waals surface area (Å²) >= 11 is 0. The monoisotopic (exact) mass is 490 g/mol. The van der Waals surface area contributed by atoms with E-state index in [1.807, 2.05) is 66.0 Å². The third kappa shape index (κ3) is 17.6. The minimum absolute atomic E-state index is 0. The van der Waals surface area contributed by atoms with Crippen molar-refractivity contribution >= 4 is 11.9 Å². The van der Waals surface area contributed by atoms with E-state index < -0.39 is 0 Å². The first-order valence-corrected chi connectivity index (χ1v) is 6.40. The van der Waals surface area contributed by atoms with Gasteiger partial charge in [0.15, 0.2) is 0 Å². The van der Waals surface area contributed by atoms with Crippen molar-refractivity contribution in [3.8, 4) is 0 Å². The fourth-order valence-electron chi connectivity index (χ4n) is 0.830. The van der Waals surface area contributed by atoms with E-state index in [0.29, 0.717) is 5.57 Å². The third-order valence-corrected chi connectivity index (χ3v) is 1.40. The smallest absolute Gasteiger partial charge is 0.412 e. The van der Waals surface area contributed by atoms with Gasteiger partial charge in [-0.25, -0.2) is 23.8 Å². The van der Waals surface area contributed by atoms with Crippen LogP contribution in [0.1, 0.15) is 54.0 Å². The molecule has 108 valence electrons. The predicted octanol–water partition coefficient (Wildman–Crippen LogP) is 4.25. The molecular formula is C16H28O2U. The van der Waals surface area contributed by atoms with Crippen LogP contribution >= 0.6 is 0 Å². The van der Waals surface area contributed by atoms with Gasteiger partial charge in [-0.3, -0.25) is 5.56 Å². The van der Waals surface area contributed by atoms with Crippen molar-refractivity contribution in [3.63, 3.8) is 0 Å². The second-order valence-corrected chi connectivity index (χ2v) is 2.08. The van der Waals surface area contributed by atoms with Crippen LogP contribution in [-0.4, -0.2) is 11.8 Å². The van der Waals surface area contributed by atoms with Crippen LogP contribution in [0.5, 0.6) is 0 Å². The molecule has 0 atom stereocenters. The molecule has 1 aromatic rings. The molecule has 1 aromatic carbocycles. The Balaban J connectivity index is -0.0000000724. The summed E-state index contributed by atoms with van der Waals surface area (Å²) in [4.78, 5) is 10.3. The van der Waals surface area contributed by atoms with Crippen LogP contribution in [0, 0.1) is 37.2 Å². The standard InChI is InChI=1S/C10H8O.3C2H6.H2O.U/c1-2-9(8-11)10-6-4-3-5-7-10;3*1-2;;/h2-6H,1H3;3*1-2H3;1H2;/q-2;;;;;+2/b9-2-;;;;;. The molecule has 2 N–H and O–H groups in total. The molecule has 0 aromatic heterocycles. The summed E-state index contributed by atoms with van der Waals surface area (Å²) in [6, 6.07) is 10.3. The van der Waals surface area contributed by atoms with Crippen molar-refractivity contribution in [2.24, 2.45) is 0 Å². The van der Waals surface area contributed by atoms with Gasteiger partial charge in [0.05, 0.1) is 0 Å². The van der Waals surface area contributed by atoms with Crippen molar-refractivity contribution in [3.05, 3.63) is 42.0 Å². The van der Waals surface area contributed by atoms with Crippen LogP contribution in [0.3, 0.4) is 0 Å². The first kappa shape index (κ1) is 31.2. The molecule has 0 saturated heterocycles. The van der Waals surface area contributed by atoms with Crippen LogP contribution in [0.15, 0.2) is 30.3 Å². The van der Waals surface area contributed by atoms with Gasteiger partial charge in [-0.2, -0.15) is 12.1 Å². The number of rotatable bonds is 2. The minimum atomic E-state index is 0. The van der Waals surface area contributed by atoms with Gasteiger partial charge in [0.1, 0.15) is 0 Å². The first-order valence-electron chi connectivity index (χ1n) is 6.40. The molecule has 0 unspecified atom stereocenters.